The lowest BCUT2D eigenvalue weighted by Crippen LogP contribution is -2.41. The van der Waals surface area contributed by atoms with E-state index in [2.05, 4.69) is 57.0 Å². The van der Waals surface area contributed by atoms with Gasteiger partial charge >= 0.3 is 0 Å². The fraction of sp³-hybridized carbons (Fsp3) is 0.600. The summed E-state index contributed by atoms with van der Waals surface area (Å²) in [7, 11) is 2.20. The van der Waals surface area contributed by atoms with Gasteiger partial charge in [-0.2, -0.15) is 0 Å². The van der Waals surface area contributed by atoms with Gasteiger partial charge in [0.2, 0.25) is 0 Å². The van der Waals surface area contributed by atoms with Crippen LogP contribution in [0, 0.1) is 0 Å². The molecule has 96 valence electrons. The number of likely N-dealkylation sites (N-methyl/N-ethyl adjacent to an activating group) is 1. The molecule has 0 aromatic heterocycles. The zero-order chi connectivity index (χ0) is 12.9. The zero-order valence-corrected chi connectivity index (χ0v) is 11.7. The van der Waals surface area contributed by atoms with E-state index in [9.17, 15) is 0 Å². The van der Waals surface area contributed by atoms with Gasteiger partial charge in [-0.05, 0) is 44.9 Å². The average molecular weight is 234 g/mol. The Morgan fingerprint density at radius 1 is 1.18 bits per heavy atom. The molecule has 0 saturated carbocycles. The Morgan fingerprint density at radius 3 is 2.29 bits per heavy atom. The summed E-state index contributed by atoms with van der Waals surface area (Å²) in [6, 6.07) is 8.47. The zero-order valence-electron chi connectivity index (χ0n) is 11.7. The Hall–Kier alpha value is -0.860. The highest BCUT2D eigenvalue weighted by Crippen LogP contribution is 2.17. The molecule has 0 radical (unpaired) electrons. The Bertz CT molecular complexity index is 345. The standard InChI is InChI=1S/C15H26N2/c1-5-15(2,3)17(4)11-10-13-8-6-7-9-14(13)12-16/h6-9H,5,10-12,16H2,1-4H3. The van der Waals surface area contributed by atoms with Crippen LogP contribution in [0.3, 0.4) is 0 Å². The molecule has 17 heavy (non-hydrogen) atoms. The second-order valence-corrected chi connectivity index (χ2v) is 5.31. The van der Waals surface area contributed by atoms with E-state index >= 15 is 0 Å². The van der Waals surface area contributed by atoms with Crippen molar-refractivity contribution in [3.8, 4) is 0 Å². The van der Waals surface area contributed by atoms with Gasteiger partial charge in [-0.25, -0.2) is 0 Å². The Kier molecular flexibility index (Phi) is 5.16. The predicted molar refractivity (Wildman–Crippen MR) is 75.0 cm³/mol. The second-order valence-electron chi connectivity index (χ2n) is 5.31. The van der Waals surface area contributed by atoms with Crippen molar-refractivity contribution in [1.29, 1.82) is 0 Å². The summed E-state index contributed by atoms with van der Waals surface area (Å²) in [5.74, 6) is 0. The quantitative estimate of drug-likeness (QED) is 0.820. The van der Waals surface area contributed by atoms with Crippen molar-refractivity contribution in [2.45, 2.75) is 45.7 Å². The molecule has 1 rings (SSSR count). The lowest BCUT2D eigenvalue weighted by Gasteiger charge is -2.35. The van der Waals surface area contributed by atoms with E-state index < -0.39 is 0 Å². The molecule has 0 bridgehead atoms. The van der Waals surface area contributed by atoms with Crippen LogP contribution >= 0.6 is 0 Å². The average Bonchev–Trinajstić information content (AvgIpc) is 2.36. The van der Waals surface area contributed by atoms with Crippen molar-refractivity contribution in [1.82, 2.24) is 4.90 Å². The maximum Gasteiger partial charge on any atom is 0.0180 e. The van der Waals surface area contributed by atoms with Gasteiger partial charge in [0.1, 0.15) is 0 Å². The van der Waals surface area contributed by atoms with Crippen LogP contribution in [-0.2, 0) is 13.0 Å². The summed E-state index contributed by atoms with van der Waals surface area (Å²) in [6.07, 6.45) is 2.25. The minimum Gasteiger partial charge on any atom is -0.326 e. The molecule has 0 aliphatic rings. The highest BCUT2D eigenvalue weighted by molar-refractivity contribution is 5.27. The van der Waals surface area contributed by atoms with Crippen LogP contribution in [0.25, 0.3) is 0 Å². The molecule has 0 atom stereocenters. The van der Waals surface area contributed by atoms with Gasteiger partial charge in [0, 0.05) is 18.6 Å². The van der Waals surface area contributed by atoms with Crippen LogP contribution in [0.5, 0.6) is 0 Å². The largest absolute Gasteiger partial charge is 0.326 e. The fourth-order valence-electron chi connectivity index (χ4n) is 1.86. The first kappa shape index (κ1) is 14.2. The number of hydrogen-bond acceptors (Lipinski definition) is 2. The second kappa shape index (κ2) is 6.18. The summed E-state index contributed by atoms with van der Waals surface area (Å²) in [6.45, 7) is 8.54. The molecule has 1 aromatic rings. The molecular weight excluding hydrogens is 208 g/mol. The van der Waals surface area contributed by atoms with Gasteiger partial charge < -0.3 is 10.6 Å². The van der Waals surface area contributed by atoms with Gasteiger partial charge in [-0.3, -0.25) is 0 Å². The summed E-state index contributed by atoms with van der Waals surface area (Å²) >= 11 is 0. The van der Waals surface area contributed by atoms with Crippen molar-refractivity contribution in [3.63, 3.8) is 0 Å². The summed E-state index contributed by atoms with van der Waals surface area (Å²) in [4.78, 5) is 2.43. The van der Waals surface area contributed by atoms with Crippen molar-refractivity contribution in [2.24, 2.45) is 5.73 Å². The van der Waals surface area contributed by atoms with Gasteiger partial charge in [-0.1, -0.05) is 31.2 Å². The van der Waals surface area contributed by atoms with Crippen LogP contribution in [0.4, 0.5) is 0 Å². The SMILES string of the molecule is CCC(C)(C)N(C)CCc1ccccc1CN. The van der Waals surface area contributed by atoms with Crippen LogP contribution in [0.1, 0.15) is 38.3 Å². The minimum absolute atomic E-state index is 0.275. The lowest BCUT2D eigenvalue weighted by atomic mass is 9.98. The van der Waals surface area contributed by atoms with E-state index in [1.54, 1.807) is 0 Å². The molecule has 0 unspecified atom stereocenters. The van der Waals surface area contributed by atoms with Crippen molar-refractivity contribution in [2.75, 3.05) is 13.6 Å². The Labute approximate surface area is 106 Å². The van der Waals surface area contributed by atoms with E-state index in [-0.39, 0.29) is 5.54 Å². The third-order valence-electron chi connectivity index (χ3n) is 3.95. The first-order valence-electron chi connectivity index (χ1n) is 6.49. The van der Waals surface area contributed by atoms with Crippen molar-refractivity contribution < 1.29 is 0 Å². The normalized spacial score (nSPS) is 12.1. The van der Waals surface area contributed by atoms with E-state index in [0.717, 1.165) is 13.0 Å². The van der Waals surface area contributed by atoms with E-state index in [1.165, 1.54) is 17.5 Å². The van der Waals surface area contributed by atoms with Crippen LogP contribution in [0.2, 0.25) is 0 Å². The predicted octanol–water partition coefficient (Wildman–Crippen LogP) is 2.81. The van der Waals surface area contributed by atoms with Crippen molar-refractivity contribution >= 4 is 0 Å². The lowest BCUT2D eigenvalue weighted by molar-refractivity contribution is 0.153. The van der Waals surface area contributed by atoms with E-state index in [4.69, 9.17) is 5.73 Å². The Balaban J connectivity index is 2.61. The topological polar surface area (TPSA) is 29.3 Å². The molecule has 2 heteroatoms. The third kappa shape index (κ3) is 3.83. The van der Waals surface area contributed by atoms with Crippen LogP contribution in [-0.4, -0.2) is 24.0 Å². The summed E-state index contributed by atoms with van der Waals surface area (Å²) in [5.41, 5.74) is 8.69. The van der Waals surface area contributed by atoms with E-state index in [0.29, 0.717) is 6.54 Å². The van der Waals surface area contributed by atoms with Gasteiger partial charge in [0.05, 0.1) is 0 Å². The molecule has 2 nitrogen and oxygen atoms in total. The van der Waals surface area contributed by atoms with Crippen LogP contribution < -0.4 is 5.73 Å². The molecule has 2 N–H and O–H groups in total. The number of rotatable bonds is 6. The number of benzene rings is 1. The van der Waals surface area contributed by atoms with Gasteiger partial charge in [0.15, 0.2) is 0 Å². The van der Waals surface area contributed by atoms with Gasteiger partial charge in [-0.15, -0.1) is 0 Å². The molecule has 0 saturated heterocycles. The molecule has 0 spiro atoms. The number of nitrogens with zero attached hydrogens (tertiary/aromatic N) is 1. The molecule has 0 aliphatic heterocycles. The monoisotopic (exact) mass is 234 g/mol. The van der Waals surface area contributed by atoms with Crippen LogP contribution in [0.15, 0.2) is 24.3 Å². The minimum atomic E-state index is 0.275. The van der Waals surface area contributed by atoms with Gasteiger partial charge in [0.25, 0.3) is 0 Å². The molecular formula is C15H26N2. The number of hydrogen-bond donors (Lipinski definition) is 1. The summed E-state index contributed by atoms with van der Waals surface area (Å²) < 4.78 is 0. The maximum atomic E-state index is 5.76. The first-order valence-corrected chi connectivity index (χ1v) is 6.49. The van der Waals surface area contributed by atoms with Crippen molar-refractivity contribution in [3.05, 3.63) is 35.4 Å². The smallest absolute Gasteiger partial charge is 0.0180 e. The highest BCUT2D eigenvalue weighted by atomic mass is 15.2. The van der Waals surface area contributed by atoms with E-state index in [1.807, 2.05) is 0 Å². The fourth-order valence-corrected chi connectivity index (χ4v) is 1.86. The maximum absolute atomic E-state index is 5.76. The highest BCUT2D eigenvalue weighted by Gasteiger charge is 2.20. The molecule has 0 fully saturated rings. The number of nitrogens with two attached hydrogens (primary N) is 1. The third-order valence-corrected chi connectivity index (χ3v) is 3.95. The molecule has 1 aromatic carbocycles. The Morgan fingerprint density at radius 2 is 1.76 bits per heavy atom. The molecule has 0 aliphatic carbocycles. The molecule has 0 amide bonds. The molecule has 0 heterocycles. The first-order chi connectivity index (χ1) is 8.01. The summed E-state index contributed by atoms with van der Waals surface area (Å²) in [5, 5.41) is 0.